The summed E-state index contributed by atoms with van der Waals surface area (Å²) in [6.45, 7) is 5.63. The van der Waals surface area contributed by atoms with Gasteiger partial charge in [0.25, 0.3) is 0 Å². The lowest BCUT2D eigenvalue weighted by atomic mass is 10.1. The molecule has 0 aliphatic carbocycles. The monoisotopic (exact) mass is 431 g/mol. The molecule has 0 saturated heterocycles. The molecule has 3 rings (SSSR count). The Hall–Kier alpha value is -2.61. The summed E-state index contributed by atoms with van der Waals surface area (Å²) in [5.41, 5.74) is 3.37. The fourth-order valence-corrected chi connectivity index (χ4v) is 3.04. The first kappa shape index (κ1) is 19.2. The fourth-order valence-electron chi connectivity index (χ4n) is 2.57. The predicted molar refractivity (Wildman–Crippen MR) is 107 cm³/mol. The van der Waals surface area contributed by atoms with Gasteiger partial charge in [-0.3, -0.25) is 0 Å². The quantitative estimate of drug-likeness (QED) is 0.583. The molecule has 0 atom stereocenters. The lowest BCUT2D eigenvalue weighted by molar-refractivity contribution is 0.268. The minimum Gasteiger partial charge on any atom is -0.490 e. The van der Waals surface area contributed by atoms with E-state index in [1.807, 2.05) is 31.2 Å². The normalized spacial score (nSPS) is 10.7. The zero-order valence-electron chi connectivity index (χ0n) is 15.6. The molecular weight excluding hydrogens is 410 g/mol. The molecule has 0 fully saturated rings. The van der Waals surface area contributed by atoms with Gasteiger partial charge in [0.15, 0.2) is 11.5 Å². The number of hydrogen-bond acceptors (Lipinski definition) is 6. The third-order valence-corrected chi connectivity index (χ3v) is 4.85. The Labute approximate surface area is 166 Å². The molecule has 0 amide bonds. The van der Waals surface area contributed by atoms with Gasteiger partial charge in [0.05, 0.1) is 6.61 Å². The summed E-state index contributed by atoms with van der Waals surface area (Å²) in [6, 6.07) is 12.1. The van der Waals surface area contributed by atoms with Crippen molar-refractivity contribution in [1.29, 1.82) is 0 Å². The maximum atomic E-state index is 6.05. The van der Waals surface area contributed by atoms with Crippen molar-refractivity contribution < 1.29 is 9.47 Å². The van der Waals surface area contributed by atoms with E-state index < -0.39 is 0 Å². The number of aryl methyl sites for hydroxylation is 2. The molecule has 8 heteroatoms. The van der Waals surface area contributed by atoms with Crippen LogP contribution in [0.1, 0.15) is 23.6 Å². The molecule has 0 bridgehead atoms. The number of halogens is 1. The molecule has 0 aliphatic rings. The highest BCUT2D eigenvalue weighted by Crippen LogP contribution is 2.35. The number of tetrazole rings is 1. The number of ether oxygens (including phenoxy) is 2. The van der Waals surface area contributed by atoms with Crippen LogP contribution in [0.25, 0.3) is 0 Å². The molecular formula is C19H22BrN5O2. The minimum atomic E-state index is 0.487. The summed E-state index contributed by atoms with van der Waals surface area (Å²) < 4.78 is 14.3. The van der Waals surface area contributed by atoms with Gasteiger partial charge in [-0.05, 0) is 53.1 Å². The average Bonchev–Trinajstić information content (AvgIpc) is 3.06. The standard InChI is InChI=1S/C19H22BrN5O2/c1-4-26-17-9-15(11-21-19-22-23-24-25(19)3)16(20)10-18(17)27-12-14-8-6-5-7-13(14)2/h5-10H,4,11-12H2,1-3H3,(H,21,22,24). The third-order valence-electron chi connectivity index (χ3n) is 4.11. The highest BCUT2D eigenvalue weighted by Gasteiger charge is 2.12. The van der Waals surface area contributed by atoms with Gasteiger partial charge < -0.3 is 14.8 Å². The van der Waals surface area contributed by atoms with Gasteiger partial charge >= 0.3 is 0 Å². The molecule has 0 unspecified atom stereocenters. The van der Waals surface area contributed by atoms with Crippen LogP contribution in [0.15, 0.2) is 40.9 Å². The first-order valence-electron chi connectivity index (χ1n) is 8.67. The van der Waals surface area contributed by atoms with Crippen LogP contribution in [0.5, 0.6) is 11.5 Å². The van der Waals surface area contributed by atoms with Crippen LogP contribution in [0.3, 0.4) is 0 Å². The number of aromatic nitrogens is 4. The second-order valence-electron chi connectivity index (χ2n) is 6.02. The zero-order valence-corrected chi connectivity index (χ0v) is 17.2. The summed E-state index contributed by atoms with van der Waals surface area (Å²) in [5.74, 6) is 2.01. The number of nitrogens with zero attached hydrogens (tertiary/aromatic N) is 4. The van der Waals surface area contributed by atoms with Crippen molar-refractivity contribution in [3.63, 3.8) is 0 Å². The minimum absolute atomic E-state index is 0.487. The van der Waals surface area contributed by atoms with E-state index in [0.717, 1.165) is 15.6 Å². The van der Waals surface area contributed by atoms with Crippen molar-refractivity contribution in [3.8, 4) is 11.5 Å². The van der Waals surface area contributed by atoms with Gasteiger partial charge in [0, 0.05) is 18.1 Å². The zero-order chi connectivity index (χ0) is 19.2. The van der Waals surface area contributed by atoms with E-state index in [1.165, 1.54) is 5.56 Å². The summed E-state index contributed by atoms with van der Waals surface area (Å²) in [7, 11) is 1.78. The van der Waals surface area contributed by atoms with Crippen LogP contribution in [0.2, 0.25) is 0 Å². The van der Waals surface area contributed by atoms with E-state index in [9.17, 15) is 0 Å². The topological polar surface area (TPSA) is 74.1 Å². The van der Waals surface area contributed by atoms with Gasteiger partial charge in [-0.2, -0.15) is 0 Å². The SMILES string of the molecule is CCOc1cc(CNc2nnnn2C)c(Br)cc1OCc1ccccc1C. The Kier molecular flexibility index (Phi) is 6.28. The van der Waals surface area contributed by atoms with Crippen molar-refractivity contribution in [2.24, 2.45) is 7.05 Å². The van der Waals surface area contributed by atoms with Crippen LogP contribution in [-0.4, -0.2) is 26.8 Å². The second kappa shape index (κ2) is 8.85. The Bertz CT molecular complexity index is 913. The average molecular weight is 432 g/mol. The van der Waals surface area contributed by atoms with Crippen LogP contribution >= 0.6 is 15.9 Å². The van der Waals surface area contributed by atoms with Crippen LogP contribution in [0.4, 0.5) is 5.95 Å². The molecule has 0 radical (unpaired) electrons. The molecule has 0 aliphatic heterocycles. The van der Waals surface area contributed by atoms with E-state index in [2.05, 4.69) is 55.8 Å². The van der Waals surface area contributed by atoms with Crippen molar-refractivity contribution in [1.82, 2.24) is 20.2 Å². The number of hydrogen-bond donors (Lipinski definition) is 1. The molecule has 0 spiro atoms. The first-order chi connectivity index (χ1) is 13.1. The van der Waals surface area contributed by atoms with Crippen molar-refractivity contribution in [3.05, 3.63) is 57.6 Å². The molecule has 3 aromatic rings. The van der Waals surface area contributed by atoms with E-state index in [1.54, 1.807) is 11.7 Å². The van der Waals surface area contributed by atoms with Gasteiger partial charge in [-0.15, -0.1) is 0 Å². The molecule has 1 aromatic heterocycles. The maximum Gasteiger partial charge on any atom is 0.242 e. The van der Waals surface area contributed by atoms with Crippen LogP contribution in [0, 0.1) is 6.92 Å². The number of nitrogens with one attached hydrogen (secondary N) is 1. The summed E-state index contributed by atoms with van der Waals surface area (Å²) in [5, 5.41) is 14.6. The lowest BCUT2D eigenvalue weighted by Gasteiger charge is -2.16. The molecule has 1 heterocycles. The first-order valence-corrected chi connectivity index (χ1v) is 9.46. The van der Waals surface area contributed by atoms with E-state index in [4.69, 9.17) is 9.47 Å². The maximum absolute atomic E-state index is 6.05. The molecule has 27 heavy (non-hydrogen) atoms. The highest BCUT2D eigenvalue weighted by molar-refractivity contribution is 9.10. The van der Waals surface area contributed by atoms with Crippen LogP contribution in [-0.2, 0) is 20.2 Å². The predicted octanol–water partition coefficient (Wildman–Crippen LogP) is 3.87. The van der Waals surface area contributed by atoms with E-state index in [-0.39, 0.29) is 0 Å². The third kappa shape index (κ3) is 4.77. The Morgan fingerprint density at radius 1 is 1.11 bits per heavy atom. The van der Waals surface area contributed by atoms with Crippen molar-refractivity contribution in [2.45, 2.75) is 27.0 Å². The molecule has 142 valence electrons. The molecule has 0 saturated carbocycles. The largest absolute Gasteiger partial charge is 0.490 e. The van der Waals surface area contributed by atoms with Crippen molar-refractivity contribution >= 4 is 21.9 Å². The second-order valence-corrected chi connectivity index (χ2v) is 6.87. The van der Waals surface area contributed by atoms with E-state index >= 15 is 0 Å². The van der Waals surface area contributed by atoms with Gasteiger partial charge in [0.1, 0.15) is 6.61 Å². The molecule has 7 nitrogen and oxygen atoms in total. The number of benzene rings is 2. The summed E-state index contributed by atoms with van der Waals surface area (Å²) in [6.07, 6.45) is 0. The fraction of sp³-hybridized carbons (Fsp3) is 0.316. The Morgan fingerprint density at radius 3 is 2.59 bits per heavy atom. The lowest BCUT2D eigenvalue weighted by Crippen LogP contribution is -2.07. The number of rotatable bonds is 8. The number of anilines is 1. The van der Waals surface area contributed by atoms with Crippen molar-refractivity contribution in [2.75, 3.05) is 11.9 Å². The smallest absolute Gasteiger partial charge is 0.242 e. The van der Waals surface area contributed by atoms with Gasteiger partial charge in [-0.1, -0.05) is 45.3 Å². The van der Waals surface area contributed by atoms with Gasteiger partial charge in [0.2, 0.25) is 5.95 Å². The molecule has 2 aromatic carbocycles. The van der Waals surface area contributed by atoms with E-state index in [0.29, 0.717) is 37.2 Å². The molecule has 1 N–H and O–H groups in total. The summed E-state index contributed by atoms with van der Waals surface area (Å²) in [4.78, 5) is 0. The van der Waals surface area contributed by atoms with Crippen LogP contribution < -0.4 is 14.8 Å². The Balaban J connectivity index is 1.77. The summed E-state index contributed by atoms with van der Waals surface area (Å²) >= 11 is 3.62. The highest BCUT2D eigenvalue weighted by atomic mass is 79.9. The Morgan fingerprint density at radius 2 is 1.89 bits per heavy atom. The van der Waals surface area contributed by atoms with Gasteiger partial charge in [-0.25, -0.2) is 4.68 Å².